The van der Waals surface area contributed by atoms with E-state index in [0.717, 1.165) is 37.2 Å². The SMILES string of the molecule is Cc1ccc(CS(=O)(=O)NCCCN2CCCC2)cc1. The van der Waals surface area contributed by atoms with Crippen molar-refractivity contribution in [2.24, 2.45) is 0 Å². The summed E-state index contributed by atoms with van der Waals surface area (Å²) in [4.78, 5) is 2.40. The van der Waals surface area contributed by atoms with Gasteiger partial charge in [-0.1, -0.05) is 29.8 Å². The molecular formula is C15H24N2O2S. The maximum absolute atomic E-state index is 12.0. The van der Waals surface area contributed by atoms with E-state index in [1.54, 1.807) is 0 Å². The van der Waals surface area contributed by atoms with Crippen molar-refractivity contribution in [1.29, 1.82) is 0 Å². The number of benzene rings is 1. The Morgan fingerprint density at radius 3 is 2.45 bits per heavy atom. The van der Waals surface area contributed by atoms with Crippen molar-refractivity contribution < 1.29 is 8.42 Å². The highest BCUT2D eigenvalue weighted by Gasteiger charge is 2.13. The molecule has 0 aromatic heterocycles. The van der Waals surface area contributed by atoms with Gasteiger partial charge in [0.25, 0.3) is 0 Å². The second-order valence-electron chi connectivity index (χ2n) is 5.54. The first-order valence-electron chi connectivity index (χ1n) is 7.30. The van der Waals surface area contributed by atoms with Gasteiger partial charge in [-0.25, -0.2) is 13.1 Å². The summed E-state index contributed by atoms with van der Waals surface area (Å²) in [5.41, 5.74) is 1.98. The first-order valence-corrected chi connectivity index (χ1v) is 8.96. The fourth-order valence-electron chi connectivity index (χ4n) is 2.49. The summed E-state index contributed by atoms with van der Waals surface area (Å²) in [5, 5.41) is 0. The summed E-state index contributed by atoms with van der Waals surface area (Å²) in [6, 6.07) is 7.63. The first kappa shape index (κ1) is 15.5. The van der Waals surface area contributed by atoms with E-state index in [1.165, 1.54) is 12.8 Å². The van der Waals surface area contributed by atoms with Crippen molar-refractivity contribution in [2.45, 2.75) is 31.9 Å². The summed E-state index contributed by atoms with van der Waals surface area (Å²) in [7, 11) is -3.21. The minimum absolute atomic E-state index is 0.0665. The van der Waals surface area contributed by atoms with Gasteiger partial charge in [0.1, 0.15) is 0 Å². The van der Waals surface area contributed by atoms with E-state index in [2.05, 4.69) is 9.62 Å². The molecule has 0 bridgehead atoms. The van der Waals surface area contributed by atoms with Crippen molar-refractivity contribution in [3.8, 4) is 0 Å². The van der Waals surface area contributed by atoms with Crippen LogP contribution in [0.3, 0.4) is 0 Å². The van der Waals surface area contributed by atoms with E-state index >= 15 is 0 Å². The largest absolute Gasteiger partial charge is 0.303 e. The molecule has 0 atom stereocenters. The molecule has 1 aliphatic heterocycles. The summed E-state index contributed by atoms with van der Waals surface area (Å²) >= 11 is 0. The zero-order valence-corrected chi connectivity index (χ0v) is 13.0. The van der Waals surface area contributed by atoms with Gasteiger partial charge >= 0.3 is 0 Å². The Bertz CT molecular complexity index is 505. The fraction of sp³-hybridized carbons (Fsp3) is 0.600. The number of likely N-dealkylation sites (tertiary alicyclic amines) is 1. The number of nitrogens with one attached hydrogen (secondary N) is 1. The second kappa shape index (κ2) is 7.20. The van der Waals surface area contributed by atoms with Gasteiger partial charge in [0.15, 0.2) is 0 Å². The Hall–Kier alpha value is -0.910. The van der Waals surface area contributed by atoms with E-state index < -0.39 is 10.0 Å². The second-order valence-corrected chi connectivity index (χ2v) is 7.35. The molecule has 4 nitrogen and oxygen atoms in total. The van der Waals surface area contributed by atoms with Crippen LogP contribution in [0.2, 0.25) is 0 Å². The molecule has 1 saturated heterocycles. The standard InChI is InChI=1S/C15H24N2O2S/c1-14-5-7-15(8-6-14)13-20(18,19)16-9-4-12-17-10-2-3-11-17/h5-8,16H,2-4,9-13H2,1H3. The average Bonchev–Trinajstić information content (AvgIpc) is 2.90. The Morgan fingerprint density at radius 2 is 1.80 bits per heavy atom. The molecule has 1 aromatic rings. The van der Waals surface area contributed by atoms with Crippen LogP contribution in [0, 0.1) is 6.92 Å². The molecule has 1 fully saturated rings. The lowest BCUT2D eigenvalue weighted by Crippen LogP contribution is -2.29. The van der Waals surface area contributed by atoms with Crippen LogP contribution < -0.4 is 4.72 Å². The van der Waals surface area contributed by atoms with Gasteiger partial charge in [0, 0.05) is 6.54 Å². The minimum atomic E-state index is -3.21. The number of nitrogens with zero attached hydrogens (tertiary/aromatic N) is 1. The van der Waals surface area contributed by atoms with Crippen LogP contribution in [0.5, 0.6) is 0 Å². The average molecular weight is 296 g/mol. The zero-order valence-electron chi connectivity index (χ0n) is 12.1. The normalized spacial score (nSPS) is 16.6. The lowest BCUT2D eigenvalue weighted by atomic mass is 10.2. The molecule has 0 radical (unpaired) electrons. The van der Waals surface area contributed by atoms with Crippen LogP contribution in [-0.4, -0.2) is 39.5 Å². The highest BCUT2D eigenvalue weighted by atomic mass is 32.2. The maximum atomic E-state index is 12.0. The molecule has 20 heavy (non-hydrogen) atoms. The van der Waals surface area contributed by atoms with E-state index in [1.807, 2.05) is 31.2 Å². The minimum Gasteiger partial charge on any atom is -0.303 e. The van der Waals surface area contributed by atoms with Gasteiger partial charge in [-0.3, -0.25) is 0 Å². The third-order valence-electron chi connectivity index (χ3n) is 3.65. The quantitative estimate of drug-likeness (QED) is 0.782. The topological polar surface area (TPSA) is 49.4 Å². The molecule has 0 aliphatic carbocycles. The monoisotopic (exact) mass is 296 g/mol. The third kappa shape index (κ3) is 5.23. The number of aryl methyl sites for hydroxylation is 1. The predicted molar refractivity (Wildman–Crippen MR) is 82.1 cm³/mol. The van der Waals surface area contributed by atoms with Crippen molar-refractivity contribution in [1.82, 2.24) is 9.62 Å². The van der Waals surface area contributed by atoms with Crippen LogP contribution in [0.1, 0.15) is 30.4 Å². The maximum Gasteiger partial charge on any atom is 0.215 e. The van der Waals surface area contributed by atoms with E-state index in [4.69, 9.17) is 0 Å². The highest BCUT2D eigenvalue weighted by Crippen LogP contribution is 2.08. The van der Waals surface area contributed by atoms with Crippen LogP contribution >= 0.6 is 0 Å². The molecule has 5 heteroatoms. The summed E-state index contributed by atoms with van der Waals surface area (Å²) in [6.45, 7) is 5.85. The molecule has 0 amide bonds. The number of hydrogen-bond acceptors (Lipinski definition) is 3. The number of rotatable bonds is 7. The van der Waals surface area contributed by atoms with E-state index in [0.29, 0.717) is 6.54 Å². The fourth-order valence-corrected chi connectivity index (χ4v) is 3.68. The van der Waals surface area contributed by atoms with E-state index in [-0.39, 0.29) is 5.75 Å². The Balaban J connectivity index is 1.71. The zero-order chi connectivity index (χ0) is 14.4. The van der Waals surface area contributed by atoms with Gasteiger partial charge in [-0.2, -0.15) is 0 Å². The summed E-state index contributed by atoms with van der Waals surface area (Å²) < 4.78 is 26.6. The van der Waals surface area contributed by atoms with Crippen molar-refractivity contribution in [2.75, 3.05) is 26.2 Å². The van der Waals surface area contributed by atoms with Crippen LogP contribution in [0.4, 0.5) is 0 Å². The molecule has 1 heterocycles. The van der Waals surface area contributed by atoms with Crippen molar-refractivity contribution >= 4 is 10.0 Å². The Morgan fingerprint density at radius 1 is 1.15 bits per heavy atom. The van der Waals surface area contributed by atoms with Crippen LogP contribution in [0.25, 0.3) is 0 Å². The summed E-state index contributed by atoms with van der Waals surface area (Å²) in [5.74, 6) is 0.0665. The molecule has 112 valence electrons. The lowest BCUT2D eigenvalue weighted by Gasteiger charge is -2.14. The van der Waals surface area contributed by atoms with Crippen molar-refractivity contribution in [3.05, 3.63) is 35.4 Å². The Kier molecular flexibility index (Phi) is 5.57. The lowest BCUT2D eigenvalue weighted by molar-refractivity contribution is 0.334. The van der Waals surface area contributed by atoms with Gasteiger partial charge in [0.05, 0.1) is 5.75 Å². The highest BCUT2D eigenvalue weighted by molar-refractivity contribution is 7.88. The molecule has 1 aliphatic rings. The molecule has 2 rings (SSSR count). The number of hydrogen-bond donors (Lipinski definition) is 1. The van der Waals surface area contributed by atoms with Gasteiger partial charge in [-0.15, -0.1) is 0 Å². The van der Waals surface area contributed by atoms with Gasteiger partial charge < -0.3 is 4.90 Å². The molecule has 0 spiro atoms. The predicted octanol–water partition coefficient (Wildman–Crippen LogP) is 1.90. The van der Waals surface area contributed by atoms with E-state index in [9.17, 15) is 8.42 Å². The Labute approximate surface area is 122 Å². The molecule has 1 aromatic carbocycles. The molecule has 0 saturated carbocycles. The smallest absolute Gasteiger partial charge is 0.215 e. The van der Waals surface area contributed by atoms with Gasteiger partial charge in [-0.05, 0) is 51.4 Å². The van der Waals surface area contributed by atoms with Gasteiger partial charge in [0.2, 0.25) is 10.0 Å². The third-order valence-corrected chi connectivity index (χ3v) is 5.01. The first-order chi connectivity index (χ1) is 9.55. The molecular weight excluding hydrogens is 272 g/mol. The van der Waals surface area contributed by atoms with Crippen LogP contribution in [0.15, 0.2) is 24.3 Å². The molecule has 0 unspecified atom stereocenters. The van der Waals surface area contributed by atoms with Crippen molar-refractivity contribution in [3.63, 3.8) is 0 Å². The summed E-state index contributed by atoms with van der Waals surface area (Å²) in [6.07, 6.45) is 3.44. The number of sulfonamides is 1. The van der Waals surface area contributed by atoms with Crippen LogP contribution in [-0.2, 0) is 15.8 Å². The molecule has 1 N–H and O–H groups in total.